The number of nitrogens with zero attached hydrogens (tertiary/aromatic N) is 4. The largest absolute Gasteiger partial charge is 0.455 e. The molecule has 5 rings (SSSR count). The van der Waals surface area contributed by atoms with Gasteiger partial charge >= 0.3 is 5.97 Å². The molecule has 1 aromatic carbocycles. The van der Waals surface area contributed by atoms with Gasteiger partial charge in [0.05, 0.1) is 43.8 Å². The van der Waals surface area contributed by atoms with Crippen LogP contribution in [0.15, 0.2) is 55.6 Å². The highest BCUT2D eigenvalue weighted by molar-refractivity contribution is 9.09. The number of aliphatic hydroxyl groups excluding tert-OH is 1. The molecular formula is C36H49BrN4O8. The summed E-state index contributed by atoms with van der Waals surface area (Å²) in [5, 5.41) is 10.0. The van der Waals surface area contributed by atoms with Crippen LogP contribution in [-0.2, 0) is 33.4 Å². The Morgan fingerprint density at radius 1 is 1.16 bits per heavy atom. The molecule has 0 radical (unpaired) electrons. The second kappa shape index (κ2) is 16.3. The lowest BCUT2D eigenvalue weighted by Gasteiger charge is -2.38. The van der Waals surface area contributed by atoms with E-state index in [-0.39, 0.29) is 42.8 Å². The Balaban J connectivity index is 1.43. The van der Waals surface area contributed by atoms with Gasteiger partial charge in [-0.1, -0.05) is 58.4 Å². The van der Waals surface area contributed by atoms with Gasteiger partial charge in [-0.15, -0.1) is 13.2 Å². The average molecular weight is 746 g/mol. The number of carbonyl (C=O) groups is 4. The maximum atomic E-state index is 14.5. The molecule has 0 aliphatic carbocycles. The summed E-state index contributed by atoms with van der Waals surface area (Å²) in [6.45, 7) is 13.1. The number of ether oxygens (including phenoxy) is 3. The number of likely N-dealkylation sites (N-methyl/N-ethyl adjacent to an activating group) is 1. The average Bonchev–Trinajstić information content (AvgIpc) is 3.71. The van der Waals surface area contributed by atoms with Gasteiger partial charge in [-0.05, 0) is 25.3 Å². The maximum Gasteiger partial charge on any atom is 0.313 e. The minimum Gasteiger partial charge on any atom is -0.455 e. The molecule has 268 valence electrons. The number of aliphatic hydroxyl groups is 1. The number of hydrogen-bond acceptors (Lipinski definition) is 9. The zero-order valence-corrected chi connectivity index (χ0v) is 30.0. The predicted molar refractivity (Wildman–Crippen MR) is 185 cm³/mol. The predicted octanol–water partition coefficient (Wildman–Crippen LogP) is 2.17. The number of esters is 1. The molecule has 4 aliphatic rings. The monoisotopic (exact) mass is 744 g/mol. The number of fused-ring (bicyclic) bond motifs is 1. The molecule has 4 saturated heterocycles. The second-order valence-corrected chi connectivity index (χ2v) is 14.5. The zero-order valence-electron chi connectivity index (χ0n) is 28.5. The zero-order chi connectivity index (χ0) is 35.3. The third-order valence-electron chi connectivity index (χ3n) is 10.5. The molecule has 4 heterocycles. The lowest BCUT2D eigenvalue weighted by atomic mass is 9.70. The number of hydrogen-bond donors (Lipinski definition) is 1. The second-order valence-electron chi connectivity index (χ2n) is 13.3. The Morgan fingerprint density at radius 2 is 1.88 bits per heavy atom. The summed E-state index contributed by atoms with van der Waals surface area (Å²) < 4.78 is 18.4. The number of carbonyl (C=O) groups excluding carboxylic acids is 4. The number of amides is 3. The van der Waals surface area contributed by atoms with Crippen LogP contribution in [0.2, 0.25) is 0 Å². The summed E-state index contributed by atoms with van der Waals surface area (Å²) >= 11 is 3.72. The van der Waals surface area contributed by atoms with E-state index in [2.05, 4.69) is 34.0 Å². The van der Waals surface area contributed by atoms with Crippen molar-refractivity contribution < 1.29 is 38.5 Å². The van der Waals surface area contributed by atoms with Crippen LogP contribution in [0.4, 0.5) is 0 Å². The van der Waals surface area contributed by atoms with Gasteiger partial charge in [0.2, 0.25) is 17.7 Å². The number of alkyl halides is 1. The lowest BCUT2D eigenvalue weighted by molar-refractivity contribution is -0.164. The Labute approximate surface area is 297 Å². The van der Waals surface area contributed by atoms with Gasteiger partial charge in [-0.2, -0.15) is 0 Å². The van der Waals surface area contributed by atoms with Gasteiger partial charge in [0, 0.05) is 57.6 Å². The molecule has 12 nitrogen and oxygen atoms in total. The van der Waals surface area contributed by atoms with Crippen molar-refractivity contribution in [3.63, 3.8) is 0 Å². The maximum absolute atomic E-state index is 14.5. The molecule has 49 heavy (non-hydrogen) atoms. The van der Waals surface area contributed by atoms with Crippen LogP contribution < -0.4 is 0 Å². The minimum atomic E-state index is -1.30. The first-order valence-electron chi connectivity index (χ1n) is 17.1. The van der Waals surface area contributed by atoms with Crippen LogP contribution in [-0.4, -0.2) is 143 Å². The number of halogens is 1. The summed E-state index contributed by atoms with van der Waals surface area (Å²) in [4.78, 5) is 62.8. The number of benzene rings is 1. The molecule has 13 heteroatoms. The highest BCUT2D eigenvalue weighted by Gasteiger charge is 2.77. The number of morpholine rings is 1. The molecule has 4 aliphatic heterocycles. The standard InChI is InChI=1S/C36H49BrN4O8/c1-5-7-13-27(43)38(4)24(3)30(25-11-9-8-10-12-25)48-35(46)28-29-33(44)41(17-20-42)32(36(29)23-26(37)31(28)49-36)34(45)40(14-6-2)16-15-39-18-21-47-22-19-39/h5-6,8-12,24,26,28-32,42H,1-2,7,13-23H2,3-4H3/t24-,26?,28+,29-,30+,31+,32+,36-/m1/s1. The van der Waals surface area contributed by atoms with E-state index in [1.165, 1.54) is 4.90 Å². The van der Waals surface area contributed by atoms with E-state index in [4.69, 9.17) is 14.2 Å². The van der Waals surface area contributed by atoms with Crippen LogP contribution in [0.1, 0.15) is 37.9 Å². The number of rotatable bonds is 16. The molecule has 1 unspecified atom stereocenters. The van der Waals surface area contributed by atoms with Gasteiger partial charge in [0.25, 0.3) is 0 Å². The first-order chi connectivity index (χ1) is 23.6. The van der Waals surface area contributed by atoms with E-state index in [0.717, 1.165) is 13.1 Å². The van der Waals surface area contributed by atoms with Crippen LogP contribution >= 0.6 is 15.9 Å². The molecule has 1 N–H and O–H groups in total. The topological polar surface area (TPSA) is 129 Å². The minimum absolute atomic E-state index is 0.0804. The summed E-state index contributed by atoms with van der Waals surface area (Å²) in [6.07, 6.45) is 2.92. The first kappa shape index (κ1) is 37.2. The van der Waals surface area contributed by atoms with E-state index in [1.807, 2.05) is 37.3 Å². The molecule has 1 spiro atoms. The van der Waals surface area contributed by atoms with Crippen molar-refractivity contribution in [3.8, 4) is 0 Å². The Kier molecular flexibility index (Phi) is 12.3. The Bertz CT molecular complexity index is 1380. The van der Waals surface area contributed by atoms with E-state index in [0.29, 0.717) is 44.7 Å². The highest BCUT2D eigenvalue weighted by Crippen LogP contribution is 2.60. The van der Waals surface area contributed by atoms with Crippen LogP contribution in [0.25, 0.3) is 0 Å². The lowest BCUT2D eigenvalue weighted by Crippen LogP contribution is -2.58. The molecule has 4 fully saturated rings. The fourth-order valence-corrected chi connectivity index (χ4v) is 8.80. The van der Waals surface area contributed by atoms with E-state index < -0.39 is 53.6 Å². The van der Waals surface area contributed by atoms with Crippen molar-refractivity contribution in [2.45, 2.75) is 60.9 Å². The molecule has 0 saturated carbocycles. The third-order valence-corrected chi connectivity index (χ3v) is 11.3. The normalized spacial score (nSPS) is 28.9. The smallest absolute Gasteiger partial charge is 0.313 e. The SMILES string of the molecule is C=CCCC(=O)N(C)[C@H](C)[C@H](OC(=O)[C@@H]1[C@H]2O[C@@]3(CC2Br)[C@H](C(=O)N(CC=C)CCN2CCOCC2)N(CCO)C(=O)[C@@H]13)c1ccccc1. The fraction of sp³-hybridized carbons (Fsp3) is 0.611. The number of allylic oxidation sites excluding steroid dienone is 1. The van der Waals surface area contributed by atoms with Crippen molar-refractivity contribution >= 4 is 39.6 Å². The van der Waals surface area contributed by atoms with Crippen molar-refractivity contribution in [1.29, 1.82) is 0 Å². The fourth-order valence-electron chi connectivity index (χ4n) is 7.86. The number of likely N-dealkylation sites (tertiary alicyclic amines) is 1. The molecule has 1 aromatic rings. The highest BCUT2D eigenvalue weighted by atomic mass is 79.9. The van der Waals surface area contributed by atoms with Gasteiger partial charge in [-0.3, -0.25) is 24.1 Å². The van der Waals surface area contributed by atoms with Crippen molar-refractivity contribution in [1.82, 2.24) is 19.6 Å². The van der Waals surface area contributed by atoms with Crippen molar-refractivity contribution in [2.24, 2.45) is 11.8 Å². The summed E-state index contributed by atoms with van der Waals surface area (Å²) in [7, 11) is 1.68. The molecule has 8 atom stereocenters. The van der Waals surface area contributed by atoms with Gasteiger partial charge < -0.3 is 34.0 Å². The van der Waals surface area contributed by atoms with Gasteiger partial charge in [0.1, 0.15) is 17.7 Å². The van der Waals surface area contributed by atoms with Crippen LogP contribution in [0.5, 0.6) is 0 Å². The molecular weight excluding hydrogens is 696 g/mol. The van der Waals surface area contributed by atoms with E-state index in [1.54, 1.807) is 29.0 Å². The number of β-amino-alcohol motifs (C(OH)–C–C–N with tert-alkyl or cyclic N) is 1. The van der Waals surface area contributed by atoms with Crippen LogP contribution in [0.3, 0.4) is 0 Å². The molecule has 2 bridgehead atoms. The molecule has 3 amide bonds. The van der Waals surface area contributed by atoms with E-state index in [9.17, 15) is 24.3 Å². The van der Waals surface area contributed by atoms with Gasteiger partial charge in [-0.25, -0.2) is 0 Å². The van der Waals surface area contributed by atoms with E-state index >= 15 is 0 Å². The quantitative estimate of drug-likeness (QED) is 0.154. The Morgan fingerprint density at radius 3 is 2.53 bits per heavy atom. The third kappa shape index (κ3) is 7.37. The molecule has 0 aromatic heterocycles. The van der Waals surface area contributed by atoms with Crippen molar-refractivity contribution in [3.05, 3.63) is 61.2 Å². The summed E-state index contributed by atoms with van der Waals surface area (Å²) in [5.41, 5.74) is -0.593. The first-order valence-corrected chi connectivity index (χ1v) is 18.1. The van der Waals surface area contributed by atoms with Crippen LogP contribution in [0, 0.1) is 11.8 Å². The van der Waals surface area contributed by atoms with Gasteiger partial charge in [0.15, 0.2) is 0 Å². The summed E-state index contributed by atoms with van der Waals surface area (Å²) in [6, 6.07) is 7.64. The summed E-state index contributed by atoms with van der Waals surface area (Å²) in [5.74, 6) is -3.45. The van der Waals surface area contributed by atoms with Crippen molar-refractivity contribution in [2.75, 3.05) is 66.1 Å². The Hall–Kier alpha value is -3.10.